The van der Waals surface area contributed by atoms with Gasteiger partial charge in [-0.3, -0.25) is 4.79 Å². The summed E-state index contributed by atoms with van der Waals surface area (Å²) in [6.45, 7) is 3.93. The number of carbonyl (C=O) groups is 1. The molecule has 146 valence electrons. The Labute approximate surface area is 158 Å². The maximum Gasteiger partial charge on any atom is 0.220 e. The number of ether oxygens (including phenoxy) is 1. The van der Waals surface area contributed by atoms with Crippen molar-refractivity contribution in [3.8, 4) is 5.75 Å². The molecule has 6 heteroatoms. The van der Waals surface area contributed by atoms with Gasteiger partial charge in [0.15, 0.2) is 0 Å². The van der Waals surface area contributed by atoms with E-state index in [4.69, 9.17) is 4.74 Å². The lowest BCUT2D eigenvalue weighted by molar-refractivity contribution is -0.121. The molecule has 0 aliphatic rings. The van der Waals surface area contributed by atoms with Gasteiger partial charge in [-0.05, 0) is 56.5 Å². The summed E-state index contributed by atoms with van der Waals surface area (Å²) in [6, 6.07) is 10.7. The summed E-state index contributed by atoms with van der Waals surface area (Å²) in [7, 11) is 0. The van der Waals surface area contributed by atoms with E-state index in [-0.39, 0.29) is 37.0 Å². The second kappa shape index (κ2) is 10.0. The van der Waals surface area contributed by atoms with Gasteiger partial charge in [-0.25, -0.2) is 8.78 Å². The summed E-state index contributed by atoms with van der Waals surface area (Å²) in [6.07, 6.45) is -0.182. The molecule has 0 heterocycles. The smallest absolute Gasteiger partial charge is 0.220 e. The number of benzene rings is 2. The van der Waals surface area contributed by atoms with Crippen molar-refractivity contribution in [3.63, 3.8) is 0 Å². The Kier molecular flexibility index (Phi) is 7.73. The molecule has 2 aromatic carbocycles. The number of hydrogen-bond acceptors (Lipinski definition) is 3. The predicted octanol–water partition coefficient (Wildman–Crippen LogP) is 3.92. The number of aliphatic hydroxyl groups is 1. The maximum atomic E-state index is 13.5. The van der Waals surface area contributed by atoms with Gasteiger partial charge in [0, 0.05) is 18.5 Å². The topological polar surface area (TPSA) is 58.6 Å². The van der Waals surface area contributed by atoms with E-state index in [1.54, 1.807) is 24.3 Å². The standard InChI is InChI=1S/C21H25F2NO3/c1-14(2)27-16-11-9-15(10-12-16)20(25)13-24-21(26)8-3-5-17-18(22)6-4-7-19(17)23/h4,6-7,9-12,14,20,25H,3,5,8,13H2,1-2H3,(H,24,26). The van der Waals surface area contributed by atoms with E-state index >= 15 is 0 Å². The van der Waals surface area contributed by atoms with Gasteiger partial charge < -0.3 is 15.2 Å². The molecular weight excluding hydrogens is 352 g/mol. The lowest BCUT2D eigenvalue weighted by Gasteiger charge is -2.14. The zero-order valence-electron chi connectivity index (χ0n) is 15.5. The van der Waals surface area contributed by atoms with Crippen LogP contribution in [-0.2, 0) is 11.2 Å². The summed E-state index contributed by atoms with van der Waals surface area (Å²) in [5.41, 5.74) is 0.661. The quantitative estimate of drug-likeness (QED) is 0.696. The highest BCUT2D eigenvalue weighted by atomic mass is 19.1. The van der Waals surface area contributed by atoms with Crippen LogP contribution in [0.1, 0.15) is 43.9 Å². The fourth-order valence-corrected chi connectivity index (χ4v) is 2.65. The second-order valence-corrected chi connectivity index (χ2v) is 6.61. The van der Waals surface area contributed by atoms with Gasteiger partial charge >= 0.3 is 0 Å². The van der Waals surface area contributed by atoms with Crippen molar-refractivity contribution in [2.24, 2.45) is 0 Å². The average molecular weight is 377 g/mol. The van der Waals surface area contributed by atoms with E-state index in [1.165, 1.54) is 18.2 Å². The third-order valence-electron chi connectivity index (χ3n) is 4.02. The molecule has 2 N–H and O–H groups in total. The molecule has 0 spiro atoms. The highest BCUT2D eigenvalue weighted by Gasteiger charge is 2.12. The van der Waals surface area contributed by atoms with E-state index in [2.05, 4.69) is 5.32 Å². The van der Waals surface area contributed by atoms with Crippen molar-refractivity contribution in [3.05, 3.63) is 65.2 Å². The van der Waals surface area contributed by atoms with E-state index < -0.39 is 17.7 Å². The molecule has 0 bridgehead atoms. The molecule has 2 aromatic rings. The summed E-state index contributed by atoms with van der Waals surface area (Å²) >= 11 is 0. The number of halogens is 2. The average Bonchev–Trinajstić information content (AvgIpc) is 2.62. The Morgan fingerprint density at radius 1 is 1.11 bits per heavy atom. The predicted molar refractivity (Wildman–Crippen MR) is 99.5 cm³/mol. The van der Waals surface area contributed by atoms with Crippen molar-refractivity contribution in [1.82, 2.24) is 5.32 Å². The normalized spacial score (nSPS) is 12.1. The van der Waals surface area contributed by atoms with Crippen LogP contribution in [0.25, 0.3) is 0 Å². The van der Waals surface area contributed by atoms with E-state index in [0.29, 0.717) is 17.7 Å². The second-order valence-electron chi connectivity index (χ2n) is 6.61. The number of rotatable bonds is 9. The molecule has 0 fully saturated rings. The number of nitrogens with one attached hydrogen (secondary N) is 1. The van der Waals surface area contributed by atoms with Gasteiger partial charge in [-0.1, -0.05) is 18.2 Å². The molecule has 0 radical (unpaired) electrons. The summed E-state index contributed by atoms with van der Waals surface area (Å²) < 4.78 is 32.6. The molecule has 0 aromatic heterocycles. The van der Waals surface area contributed by atoms with Crippen LogP contribution in [0.5, 0.6) is 5.75 Å². The van der Waals surface area contributed by atoms with Crippen molar-refractivity contribution in [1.29, 1.82) is 0 Å². The van der Waals surface area contributed by atoms with Crippen molar-refractivity contribution >= 4 is 5.91 Å². The van der Waals surface area contributed by atoms with Crippen LogP contribution in [0.2, 0.25) is 0 Å². The van der Waals surface area contributed by atoms with Crippen LogP contribution in [0.4, 0.5) is 8.78 Å². The first-order chi connectivity index (χ1) is 12.9. The molecule has 0 aliphatic carbocycles. The van der Waals surface area contributed by atoms with Gasteiger partial charge in [0.2, 0.25) is 5.91 Å². The lowest BCUT2D eigenvalue weighted by atomic mass is 10.1. The molecule has 1 amide bonds. The molecular formula is C21H25F2NO3. The Balaban J connectivity index is 1.74. The van der Waals surface area contributed by atoms with Crippen LogP contribution < -0.4 is 10.1 Å². The zero-order valence-corrected chi connectivity index (χ0v) is 15.5. The van der Waals surface area contributed by atoms with Crippen LogP contribution in [0.15, 0.2) is 42.5 Å². The lowest BCUT2D eigenvalue weighted by Crippen LogP contribution is -2.28. The fourth-order valence-electron chi connectivity index (χ4n) is 2.65. The Hall–Kier alpha value is -2.47. The Morgan fingerprint density at radius 3 is 2.33 bits per heavy atom. The van der Waals surface area contributed by atoms with Crippen LogP contribution in [0.3, 0.4) is 0 Å². The third-order valence-corrected chi connectivity index (χ3v) is 4.02. The molecule has 0 saturated carbocycles. The van der Waals surface area contributed by atoms with Crippen molar-refractivity contribution in [2.45, 2.75) is 45.3 Å². The number of hydrogen-bond donors (Lipinski definition) is 2. The van der Waals surface area contributed by atoms with Crippen LogP contribution >= 0.6 is 0 Å². The number of carbonyl (C=O) groups excluding carboxylic acids is 1. The monoisotopic (exact) mass is 377 g/mol. The van der Waals surface area contributed by atoms with E-state index in [0.717, 1.165) is 0 Å². The Morgan fingerprint density at radius 2 is 1.74 bits per heavy atom. The molecule has 0 saturated heterocycles. The third kappa shape index (κ3) is 6.64. The van der Waals surface area contributed by atoms with Crippen molar-refractivity contribution < 1.29 is 23.4 Å². The number of amides is 1. The van der Waals surface area contributed by atoms with E-state index in [1.807, 2.05) is 13.8 Å². The molecule has 4 nitrogen and oxygen atoms in total. The fraction of sp³-hybridized carbons (Fsp3) is 0.381. The summed E-state index contributed by atoms with van der Waals surface area (Å²) in [5, 5.41) is 12.8. The van der Waals surface area contributed by atoms with Crippen LogP contribution in [0, 0.1) is 11.6 Å². The molecule has 0 aliphatic heterocycles. The minimum Gasteiger partial charge on any atom is -0.491 e. The molecule has 1 unspecified atom stereocenters. The van der Waals surface area contributed by atoms with Crippen LogP contribution in [-0.4, -0.2) is 23.7 Å². The molecule has 2 rings (SSSR count). The van der Waals surface area contributed by atoms with Gasteiger partial charge in [0.1, 0.15) is 17.4 Å². The SMILES string of the molecule is CC(C)Oc1ccc(C(O)CNC(=O)CCCc2c(F)cccc2F)cc1. The first kappa shape index (κ1) is 20.8. The maximum absolute atomic E-state index is 13.5. The molecule has 27 heavy (non-hydrogen) atoms. The zero-order chi connectivity index (χ0) is 19.8. The summed E-state index contributed by atoms with van der Waals surface area (Å²) in [5.74, 6) is -0.762. The van der Waals surface area contributed by atoms with Gasteiger partial charge in [-0.2, -0.15) is 0 Å². The Bertz CT molecular complexity index is 727. The van der Waals surface area contributed by atoms with Gasteiger partial charge in [0.25, 0.3) is 0 Å². The minimum absolute atomic E-state index is 0.00552. The first-order valence-corrected chi connectivity index (χ1v) is 9.01. The first-order valence-electron chi connectivity index (χ1n) is 9.01. The number of aliphatic hydroxyl groups excluding tert-OH is 1. The van der Waals surface area contributed by atoms with Crippen molar-refractivity contribution in [2.75, 3.05) is 6.54 Å². The van der Waals surface area contributed by atoms with Gasteiger partial charge in [-0.15, -0.1) is 0 Å². The highest BCUT2D eigenvalue weighted by molar-refractivity contribution is 5.75. The van der Waals surface area contributed by atoms with E-state index in [9.17, 15) is 18.7 Å². The largest absolute Gasteiger partial charge is 0.491 e. The highest BCUT2D eigenvalue weighted by Crippen LogP contribution is 2.19. The summed E-state index contributed by atoms with van der Waals surface area (Å²) in [4.78, 5) is 11.9. The van der Waals surface area contributed by atoms with Gasteiger partial charge in [0.05, 0.1) is 12.2 Å². The minimum atomic E-state index is -0.842. The molecule has 1 atom stereocenters.